The van der Waals surface area contributed by atoms with Crippen molar-refractivity contribution in [3.05, 3.63) is 58.1 Å². The molecule has 0 atom stereocenters. The van der Waals surface area contributed by atoms with Gasteiger partial charge in [0.1, 0.15) is 0 Å². The van der Waals surface area contributed by atoms with E-state index < -0.39 is 15.9 Å². The molecule has 0 aliphatic rings. The Morgan fingerprint density at radius 3 is 2.29 bits per heavy atom. The van der Waals surface area contributed by atoms with Crippen LogP contribution in [-0.2, 0) is 19.5 Å². The number of nitrogens with zero attached hydrogens (tertiary/aromatic N) is 3. The molecule has 10 nitrogen and oxygen atoms in total. The van der Waals surface area contributed by atoms with Crippen molar-refractivity contribution in [2.75, 3.05) is 45.8 Å². The van der Waals surface area contributed by atoms with E-state index in [-0.39, 0.29) is 48.7 Å². The maximum absolute atomic E-state index is 13.0. The highest BCUT2D eigenvalue weighted by Gasteiger charge is 2.24. The molecule has 1 heterocycles. The molecule has 0 aliphatic carbocycles. The van der Waals surface area contributed by atoms with Crippen LogP contribution in [0, 0.1) is 0 Å². The van der Waals surface area contributed by atoms with Crippen molar-refractivity contribution in [2.24, 2.45) is 0 Å². The molecule has 0 fully saturated rings. The largest absolute Gasteiger partial charge is 0.403 e. The molecule has 0 radical (unpaired) electrons. The number of rotatable bonds is 11. The van der Waals surface area contributed by atoms with E-state index >= 15 is 0 Å². The summed E-state index contributed by atoms with van der Waals surface area (Å²) in [6.45, 7) is 0.799. The summed E-state index contributed by atoms with van der Waals surface area (Å²) in [6.07, 6.45) is 0. The van der Waals surface area contributed by atoms with Gasteiger partial charge in [0.05, 0.1) is 28.7 Å². The van der Waals surface area contributed by atoms with E-state index in [1.54, 1.807) is 18.2 Å². The van der Waals surface area contributed by atoms with Crippen LogP contribution in [0.5, 0.6) is 0 Å². The molecule has 0 saturated heterocycles. The number of halogens is 2. The minimum absolute atomic E-state index is 0.0342. The summed E-state index contributed by atoms with van der Waals surface area (Å²) < 4.78 is 42.6. The second-order valence-electron chi connectivity index (χ2n) is 6.90. The van der Waals surface area contributed by atoms with Crippen molar-refractivity contribution < 1.29 is 27.1 Å². The van der Waals surface area contributed by atoms with Crippen LogP contribution in [0.15, 0.2) is 51.8 Å². The van der Waals surface area contributed by atoms with Crippen LogP contribution in [0.3, 0.4) is 0 Å². The summed E-state index contributed by atoms with van der Waals surface area (Å²) >= 11 is 12.1. The topological polar surface area (TPSA) is 124 Å². The Hall–Kier alpha value is -2.54. The lowest BCUT2D eigenvalue weighted by molar-refractivity contribution is 0.102. The van der Waals surface area contributed by atoms with E-state index in [4.69, 9.17) is 37.1 Å². The number of nitrogens with one attached hydrogen (secondary N) is 1. The highest BCUT2D eigenvalue weighted by molar-refractivity contribution is 7.89. The molecule has 1 amide bonds. The first kappa shape index (κ1) is 26.1. The smallest absolute Gasteiger partial charge is 0.322 e. The number of amides is 1. The van der Waals surface area contributed by atoms with Crippen molar-refractivity contribution in [1.29, 1.82) is 0 Å². The predicted octanol–water partition coefficient (Wildman–Crippen LogP) is 3.58. The zero-order chi connectivity index (χ0) is 24.7. The third kappa shape index (κ3) is 6.32. The lowest BCUT2D eigenvalue weighted by Crippen LogP contribution is -2.36. The van der Waals surface area contributed by atoms with E-state index in [1.807, 2.05) is 0 Å². The van der Waals surface area contributed by atoms with Crippen molar-refractivity contribution >= 4 is 45.1 Å². The fourth-order valence-electron chi connectivity index (χ4n) is 2.88. The molecule has 1 N–H and O–H groups in total. The fraction of sp³-hybridized carbons (Fsp3) is 0.286. The number of carbonyl (C=O) groups excluding carboxylic acids is 1. The zero-order valence-corrected chi connectivity index (χ0v) is 20.7. The molecule has 182 valence electrons. The van der Waals surface area contributed by atoms with Gasteiger partial charge in [0.2, 0.25) is 10.0 Å². The van der Waals surface area contributed by atoms with Gasteiger partial charge in [-0.05, 0) is 42.5 Å². The van der Waals surface area contributed by atoms with Crippen LogP contribution in [0.25, 0.3) is 11.5 Å². The number of sulfonamides is 1. The summed E-state index contributed by atoms with van der Waals surface area (Å²) in [6, 6.07) is 10.1. The number of hydrogen-bond donors (Lipinski definition) is 1. The first-order valence-corrected chi connectivity index (χ1v) is 12.1. The molecule has 0 saturated carbocycles. The Bertz CT molecular complexity index is 1230. The van der Waals surface area contributed by atoms with Crippen molar-refractivity contribution in [3.8, 4) is 11.5 Å². The second-order valence-corrected chi connectivity index (χ2v) is 9.69. The highest BCUT2D eigenvalue weighted by Crippen LogP contribution is 2.30. The Morgan fingerprint density at radius 2 is 1.68 bits per heavy atom. The molecule has 34 heavy (non-hydrogen) atoms. The minimum atomic E-state index is -3.80. The van der Waals surface area contributed by atoms with Crippen molar-refractivity contribution in [1.82, 2.24) is 14.5 Å². The second kappa shape index (κ2) is 11.7. The maximum Gasteiger partial charge on any atom is 0.322 e. The molecule has 2 aromatic carbocycles. The molecule has 3 rings (SSSR count). The summed E-state index contributed by atoms with van der Waals surface area (Å²) in [5, 5.41) is 10.9. The van der Waals surface area contributed by atoms with Gasteiger partial charge in [-0.1, -0.05) is 28.3 Å². The van der Waals surface area contributed by atoms with E-state index in [1.165, 1.54) is 42.8 Å². The fourth-order valence-corrected chi connectivity index (χ4v) is 4.66. The number of hydrogen-bond acceptors (Lipinski definition) is 8. The van der Waals surface area contributed by atoms with Gasteiger partial charge in [-0.25, -0.2) is 8.42 Å². The van der Waals surface area contributed by atoms with Crippen molar-refractivity contribution in [2.45, 2.75) is 4.90 Å². The third-order valence-electron chi connectivity index (χ3n) is 4.65. The number of anilines is 1. The molecule has 0 spiro atoms. The molecule has 0 unspecified atom stereocenters. The van der Waals surface area contributed by atoms with Crippen LogP contribution >= 0.6 is 23.2 Å². The SMILES string of the molecule is COCCN(CCOC)S(=O)(=O)c1ccc(C(=O)Nc2nnc(-c3cc(Cl)ccc3Cl)o2)cc1. The monoisotopic (exact) mass is 528 g/mol. The Balaban J connectivity index is 1.73. The van der Waals surface area contributed by atoms with E-state index in [9.17, 15) is 13.2 Å². The molecular weight excluding hydrogens is 507 g/mol. The molecule has 13 heteroatoms. The Kier molecular flexibility index (Phi) is 9.00. The quantitative estimate of drug-likeness (QED) is 0.400. The number of aromatic nitrogens is 2. The van der Waals surface area contributed by atoms with Gasteiger partial charge < -0.3 is 13.9 Å². The van der Waals surface area contributed by atoms with Gasteiger partial charge in [0, 0.05) is 37.9 Å². The molecule has 1 aromatic heterocycles. The first-order valence-electron chi connectivity index (χ1n) is 9.94. The number of carbonyl (C=O) groups is 1. The zero-order valence-electron chi connectivity index (χ0n) is 18.3. The molecule has 3 aromatic rings. The molecule has 0 bridgehead atoms. The Morgan fingerprint density at radius 1 is 1.03 bits per heavy atom. The third-order valence-corrected chi connectivity index (χ3v) is 7.13. The van der Waals surface area contributed by atoms with Crippen LogP contribution in [0.1, 0.15) is 10.4 Å². The first-order chi connectivity index (χ1) is 16.3. The van der Waals surface area contributed by atoms with Crippen LogP contribution in [0.4, 0.5) is 6.01 Å². The predicted molar refractivity (Wildman–Crippen MR) is 127 cm³/mol. The number of benzene rings is 2. The summed E-state index contributed by atoms with van der Waals surface area (Å²) in [5.74, 6) is -0.483. The van der Waals surface area contributed by atoms with Crippen LogP contribution in [-0.4, -0.2) is 69.4 Å². The van der Waals surface area contributed by atoms with Crippen molar-refractivity contribution in [3.63, 3.8) is 0 Å². The lowest BCUT2D eigenvalue weighted by atomic mass is 10.2. The summed E-state index contributed by atoms with van der Waals surface area (Å²) in [7, 11) is -0.823. The number of ether oxygens (including phenoxy) is 2. The lowest BCUT2D eigenvalue weighted by Gasteiger charge is -2.21. The minimum Gasteiger partial charge on any atom is -0.403 e. The summed E-state index contributed by atoms with van der Waals surface area (Å²) in [5.41, 5.74) is 0.614. The molecule has 0 aliphatic heterocycles. The van der Waals surface area contributed by atoms with E-state index in [0.717, 1.165) is 0 Å². The van der Waals surface area contributed by atoms with Gasteiger partial charge in [0.15, 0.2) is 0 Å². The average molecular weight is 529 g/mol. The van der Waals surface area contributed by atoms with Crippen LogP contribution < -0.4 is 5.32 Å². The van der Waals surface area contributed by atoms with Gasteiger partial charge in [-0.2, -0.15) is 4.31 Å². The summed E-state index contributed by atoms with van der Waals surface area (Å²) in [4.78, 5) is 12.6. The normalized spacial score (nSPS) is 11.7. The number of methoxy groups -OCH3 is 2. The van der Waals surface area contributed by atoms with Gasteiger partial charge in [-0.15, -0.1) is 5.10 Å². The van der Waals surface area contributed by atoms with E-state index in [0.29, 0.717) is 15.6 Å². The standard InChI is InChI=1S/C21H22Cl2N4O6S/c1-31-11-9-27(10-12-32-2)34(29,30)16-6-3-14(4-7-16)19(28)24-21-26-25-20(33-21)17-13-15(22)5-8-18(17)23/h3-8,13H,9-12H2,1-2H3,(H,24,26,28). The van der Waals surface area contributed by atoms with Gasteiger partial charge in [0.25, 0.3) is 11.8 Å². The molecular formula is C21H22Cl2N4O6S. The van der Waals surface area contributed by atoms with Gasteiger partial charge in [-0.3, -0.25) is 10.1 Å². The maximum atomic E-state index is 13.0. The Labute approximate surface area is 206 Å². The average Bonchev–Trinajstić information content (AvgIpc) is 3.28. The van der Waals surface area contributed by atoms with Crippen LogP contribution in [0.2, 0.25) is 10.0 Å². The van der Waals surface area contributed by atoms with Gasteiger partial charge >= 0.3 is 6.01 Å². The van der Waals surface area contributed by atoms with E-state index in [2.05, 4.69) is 15.5 Å². The highest BCUT2D eigenvalue weighted by atomic mass is 35.5.